The van der Waals surface area contributed by atoms with Crippen LogP contribution in [0.2, 0.25) is 0 Å². The Morgan fingerprint density at radius 1 is 1.04 bits per heavy atom. The van der Waals surface area contributed by atoms with Crippen molar-refractivity contribution < 1.29 is 27.5 Å². The maximum Gasteiger partial charge on any atom is 0.321 e. The Balaban J connectivity index is 1.91. The van der Waals surface area contributed by atoms with Gasteiger partial charge in [0.15, 0.2) is 6.10 Å². The molecule has 150 valence electrons. The van der Waals surface area contributed by atoms with Crippen molar-refractivity contribution in [1.29, 1.82) is 0 Å². The van der Waals surface area contributed by atoms with E-state index < -0.39 is 34.4 Å². The molecule has 0 radical (unpaired) electrons. The van der Waals surface area contributed by atoms with Gasteiger partial charge in [0.2, 0.25) is 15.8 Å². The Morgan fingerprint density at radius 3 is 2.21 bits per heavy atom. The summed E-state index contributed by atoms with van der Waals surface area (Å²) >= 11 is 0. The van der Waals surface area contributed by atoms with Crippen LogP contribution in [0, 0.1) is 6.92 Å². The summed E-state index contributed by atoms with van der Waals surface area (Å²) in [6, 6.07) is 12.7. The van der Waals surface area contributed by atoms with Crippen molar-refractivity contribution in [2.24, 2.45) is 0 Å². The lowest BCUT2D eigenvalue weighted by molar-refractivity contribution is -0.144. The molecule has 0 bridgehead atoms. The van der Waals surface area contributed by atoms with Gasteiger partial charge in [0.05, 0.1) is 11.5 Å². The Kier molecular flexibility index (Phi) is 7.31. The second-order valence-electron chi connectivity index (χ2n) is 6.09. The predicted octanol–water partition coefficient (Wildman–Crippen LogP) is 2.49. The number of rotatable bonds is 9. The fourth-order valence-electron chi connectivity index (χ4n) is 2.36. The molecule has 0 fully saturated rings. The van der Waals surface area contributed by atoms with E-state index in [9.17, 15) is 18.0 Å². The smallest absolute Gasteiger partial charge is 0.321 e. The number of aryl methyl sites for hydroxylation is 1. The van der Waals surface area contributed by atoms with Crippen molar-refractivity contribution in [3.8, 4) is 5.75 Å². The molecule has 0 aliphatic heterocycles. The summed E-state index contributed by atoms with van der Waals surface area (Å²) in [7, 11) is -3.84. The van der Waals surface area contributed by atoms with E-state index in [1.54, 1.807) is 36.4 Å². The summed E-state index contributed by atoms with van der Waals surface area (Å²) in [5.74, 6) is -0.602. The Morgan fingerprint density at radius 2 is 1.64 bits per heavy atom. The molecule has 0 heterocycles. The van der Waals surface area contributed by atoms with Crippen LogP contribution in [0.25, 0.3) is 0 Å². The number of sulfonamides is 1. The molecule has 0 amide bonds. The number of carbonyl (C=O) groups excluding carboxylic acids is 2. The molecule has 8 heteroatoms. The molecule has 2 aromatic rings. The van der Waals surface area contributed by atoms with Gasteiger partial charge in [0.25, 0.3) is 0 Å². The van der Waals surface area contributed by atoms with Gasteiger partial charge >= 0.3 is 5.97 Å². The largest absolute Gasteiger partial charge is 0.494 e. The molecule has 0 saturated heterocycles. The Hall–Kier alpha value is -2.71. The number of hydrogen-bond donors (Lipinski definition) is 1. The third-order valence-electron chi connectivity index (χ3n) is 3.87. The number of ketones is 1. The highest BCUT2D eigenvalue weighted by Gasteiger charge is 2.21. The average molecular weight is 405 g/mol. The lowest BCUT2D eigenvalue weighted by atomic mass is 10.1. The van der Waals surface area contributed by atoms with Gasteiger partial charge in [-0.3, -0.25) is 9.59 Å². The van der Waals surface area contributed by atoms with Crippen LogP contribution in [-0.2, 0) is 19.6 Å². The molecule has 0 aliphatic carbocycles. The summed E-state index contributed by atoms with van der Waals surface area (Å²) in [6.45, 7) is 5.07. The molecule has 28 heavy (non-hydrogen) atoms. The van der Waals surface area contributed by atoms with E-state index in [2.05, 4.69) is 4.72 Å². The van der Waals surface area contributed by atoms with Crippen LogP contribution < -0.4 is 9.46 Å². The fourth-order valence-corrected chi connectivity index (χ4v) is 3.33. The summed E-state index contributed by atoms with van der Waals surface area (Å²) in [4.78, 5) is 24.3. The molecule has 0 aromatic heterocycles. The second-order valence-corrected chi connectivity index (χ2v) is 7.86. The highest BCUT2D eigenvalue weighted by Crippen LogP contribution is 2.14. The number of carbonyl (C=O) groups is 2. The molecule has 2 rings (SSSR count). The number of benzene rings is 2. The van der Waals surface area contributed by atoms with Crippen LogP contribution in [0.15, 0.2) is 53.4 Å². The number of esters is 1. The highest BCUT2D eigenvalue weighted by atomic mass is 32.2. The topological polar surface area (TPSA) is 98.8 Å². The summed E-state index contributed by atoms with van der Waals surface area (Å²) in [5, 5.41) is 0. The number of Topliss-reactive ketones (excluding diaryl/α,β-unsaturated/α-hetero) is 1. The first-order valence-electron chi connectivity index (χ1n) is 8.76. The molecular formula is C20H23NO6S. The molecule has 0 aliphatic rings. The highest BCUT2D eigenvalue weighted by molar-refractivity contribution is 7.89. The second kappa shape index (κ2) is 9.48. The lowest BCUT2D eigenvalue weighted by Crippen LogP contribution is -2.34. The third kappa shape index (κ3) is 5.90. The SMILES string of the molecule is CCOc1ccc(C(=O)[C@@H](C)OC(=O)CNS(=O)(=O)c2ccc(C)cc2)cc1. The van der Waals surface area contributed by atoms with E-state index in [0.717, 1.165) is 5.56 Å². The Bertz CT molecular complexity index is 920. The first-order chi connectivity index (χ1) is 13.2. The first-order valence-corrected chi connectivity index (χ1v) is 10.2. The zero-order valence-corrected chi connectivity index (χ0v) is 16.8. The van der Waals surface area contributed by atoms with Crippen molar-refractivity contribution in [2.75, 3.05) is 13.2 Å². The predicted molar refractivity (Wildman–Crippen MR) is 104 cm³/mol. The van der Waals surface area contributed by atoms with Gasteiger partial charge in [-0.1, -0.05) is 17.7 Å². The normalized spacial score (nSPS) is 12.2. The number of ether oxygens (including phenoxy) is 2. The minimum absolute atomic E-state index is 0.0458. The molecule has 0 saturated carbocycles. The molecule has 2 aromatic carbocycles. The zero-order chi connectivity index (χ0) is 20.7. The van der Waals surface area contributed by atoms with E-state index in [1.165, 1.54) is 19.1 Å². The summed E-state index contributed by atoms with van der Waals surface area (Å²) in [5.41, 5.74) is 1.28. The fraction of sp³-hybridized carbons (Fsp3) is 0.300. The quantitative estimate of drug-likeness (QED) is 0.508. The molecular weight excluding hydrogens is 382 g/mol. The van der Waals surface area contributed by atoms with E-state index in [4.69, 9.17) is 9.47 Å². The van der Waals surface area contributed by atoms with E-state index in [0.29, 0.717) is 17.9 Å². The van der Waals surface area contributed by atoms with Crippen LogP contribution in [0.1, 0.15) is 29.8 Å². The van der Waals surface area contributed by atoms with Crippen molar-refractivity contribution in [3.05, 3.63) is 59.7 Å². The van der Waals surface area contributed by atoms with Gasteiger partial charge in [-0.05, 0) is 57.2 Å². The Labute approximate surface area is 164 Å². The zero-order valence-electron chi connectivity index (χ0n) is 16.0. The van der Waals surface area contributed by atoms with Gasteiger partial charge in [0, 0.05) is 5.56 Å². The minimum atomic E-state index is -3.84. The van der Waals surface area contributed by atoms with Crippen LogP contribution >= 0.6 is 0 Å². The van der Waals surface area contributed by atoms with Gasteiger partial charge < -0.3 is 9.47 Å². The molecule has 1 atom stereocenters. The summed E-state index contributed by atoms with van der Waals surface area (Å²) in [6.07, 6.45) is -1.05. The van der Waals surface area contributed by atoms with Gasteiger partial charge in [-0.25, -0.2) is 8.42 Å². The van der Waals surface area contributed by atoms with Gasteiger partial charge in [0.1, 0.15) is 12.3 Å². The van der Waals surface area contributed by atoms with Gasteiger partial charge in [-0.2, -0.15) is 4.72 Å². The molecule has 0 unspecified atom stereocenters. The van der Waals surface area contributed by atoms with Gasteiger partial charge in [-0.15, -0.1) is 0 Å². The van der Waals surface area contributed by atoms with Crippen LogP contribution in [0.3, 0.4) is 0 Å². The van der Waals surface area contributed by atoms with Crippen LogP contribution in [0.5, 0.6) is 5.75 Å². The summed E-state index contributed by atoms with van der Waals surface area (Å²) < 4.78 is 36.9. The van der Waals surface area contributed by atoms with Crippen molar-refractivity contribution in [2.45, 2.75) is 31.8 Å². The molecule has 0 spiro atoms. The lowest BCUT2D eigenvalue weighted by Gasteiger charge is -2.13. The third-order valence-corrected chi connectivity index (χ3v) is 5.28. The van der Waals surface area contributed by atoms with Crippen molar-refractivity contribution >= 4 is 21.8 Å². The maximum absolute atomic E-state index is 12.3. The van der Waals surface area contributed by atoms with E-state index >= 15 is 0 Å². The average Bonchev–Trinajstić information content (AvgIpc) is 2.67. The maximum atomic E-state index is 12.3. The van der Waals surface area contributed by atoms with Crippen molar-refractivity contribution in [3.63, 3.8) is 0 Å². The molecule has 1 N–H and O–H groups in total. The van der Waals surface area contributed by atoms with Crippen LogP contribution in [0.4, 0.5) is 0 Å². The standard InChI is InChI=1S/C20H23NO6S/c1-4-26-17-9-7-16(8-10-17)20(23)15(3)27-19(22)13-21-28(24,25)18-11-5-14(2)6-12-18/h5-12,15,21H,4,13H2,1-3H3/t15-/m1/s1. The minimum Gasteiger partial charge on any atom is -0.494 e. The van der Waals surface area contributed by atoms with E-state index in [-0.39, 0.29) is 4.90 Å². The molecule has 7 nitrogen and oxygen atoms in total. The van der Waals surface area contributed by atoms with Crippen LogP contribution in [-0.4, -0.2) is 39.4 Å². The monoisotopic (exact) mass is 405 g/mol. The van der Waals surface area contributed by atoms with Crippen molar-refractivity contribution in [1.82, 2.24) is 4.72 Å². The first kappa shape index (κ1) is 21.6. The number of nitrogens with one attached hydrogen (secondary N) is 1. The number of hydrogen-bond acceptors (Lipinski definition) is 6. The van der Waals surface area contributed by atoms with E-state index in [1.807, 2.05) is 13.8 Å².